The summed E-state index contributed by atoms with van der Waals surface area (Å²) in [5.41, 5.74) is 1.71. The van der Waals surface area contributed by atoms with E-state index in [0.29, 0.717) is 15.9 Å². The molecule has 1 N–H and O–H groups in total. The van der Waals surface area contributed by atoms with Crippen molar-refractivity contribution in [1.82, 2.24) is 20.2 Å². The second kappa shape index (κ2) is 6.56. The van der Waals surface area contributed by atoms with E-state index in [0.717, 1.165) is 24.2 Å². The van der Waals surface area contributed by atoms with E-state index in [4.69, 9.17) is 0 Å². The van der Waals surface area contributed by atoms with Gasteiger partial charge in [-0.3, -0.25) is 4.79 Å². The summed E-state index contributed by atoms with van der Waals surface area (Å²) in [5, 5.41) is 14.3. The summed E-state index contributed by atoms with van der Waals surface area (Å²) >= 11 is 4.35. The van der Waals surface area contributed by atoms with Crippen molar-refractivity contribution in [2.24, 2.45) is 17.8 Å². The third-order valence-electron chi connectivity index (χ3n) is 6.00. The highest BCUT2D eigenvalue weighted by molar-refractivity contribution is 8.21. The lowest BCUT2D eigenvalue weighted by Gasteiger charge is -2.42. The minimum atomic E-state index is 0.152. The van der Waals surface area contributed by atoms with Crippen molar-refractivity contribution in [2.45, 2.75) is 29.8 Å². The van der Waals surface area contributed by atoms with E-state index in [1.165, 1.54) is 24.3 Å². The summed E-state index contributed by atoms with van der Waals surface area (Å²) in [6.45, 7) is 0. The van der Waals surface area contributed by atoms with E-state index in [1.54, 1.807) is 11.0 Å². The molecule has 1 unspecified atom stereocenters. The van der Waals surface area contributed by atoms with Crippen LogP contribution in [0, 0.1) is 17.8 Å². The zero-order valence-corrected chi connectivity index (χ0v) is 16.0. The van der Waals surface area contributed by atoms with Crippen molar-refractivity contribution in [3.63, 3.8) is 0 Å². The number of tetrazole rings is 1. The van der Waals surface area contributed by atoms with Gasteiger partial charge in [-0.25, -0.2) is 4.68 Å². The van der Waals surface area contributed by atoms with Crippen molar-refractivity contribution in [2.75, 3.05) is 16.8 Å². The van der Waals surface area contributed by atoms with Crippen LogP contribution in [0.4, 0.5) is 5.69 Å². The molecule has 8 heteroatoms. The number of hydrogen-bond acceptors (Lipinski definition) is 6. The molecule has 3 fully saturated rings. The van der Waals surface area contributed by atoms with Gasteiger partial charge in [-0.15, -0.1) is 28.6 Å². The predicted octanol–water partition coefficient (Wildman–Crippen LogP) is 3.21. The number of carbonyl (C=O) groups is 1. The quantitative estimate of drug-likeness (QED) is 0.872. The molecule has 5 rings (SSSR count). The molecule has 1 saturated heterocycles. The lowest BCUT2D eigenvalue weighted by molar-refractivity contribution is -0.121. The van der Waals surface area contributed by atoms with Gasteiger partial charge < -0.3 is 5.32 Å². The van der Waals surface area contributed by atoms with E-state index < -0.39 is 0 Å². The van der Waals surface area contributed by atoms with Gasteiger partial charge in [0.15, 0.2) is 0 Å². The number of nitrogens with zero attached hydrogens (tertiary/aromatic N) is 4. The van der Waals surface area contributed by atoms with Gasteiger partial charge in [0, 0.05) is 23.1 Å². The number of hydrogen-bond donors (Lipinski definition) is 1. The van der Waals surface area contributed by atoms with Gasteiger partial charge in [-0.2, -0.15) is 0 Å². The second-order valence-electron chi connectivity index (χ2n) is 7.35. The zero-order valence-electron chi connectivity index (χ0n) is 14.4. The number of amides is 1. The first kappa shape index (κ1) is 16.6. The summed E-state index contributed by atoms with van der Waals surface area (Å²) in [7, 11) is 0. The Morgan fingerprint density at radius 2 is 1.81 bits per heavy atom. The van der Waals surface area contributed by atoms with Gasteiger partial charge in [0.05, 0.1) is 9.77 Å². The summed E-state index contributed by atoms with van der Waals surface area (Å²) in [6.07, 6.45) is 6.25. The van der Waals surface area contributed by atoms with Gasteiger partial charge in [0.2, 0.25) is 5.91 Å². The Labute approximate surface area is 160 Å². The Hall–Kier alpha value is -1.54. The number of nitrogens with one attached hydrogen (secondary N) is 1. The van der Waals surface area contributed by atoms with Crippen molar-refractivity contribution in [3.05, 3.63) is 30.6 Å². The summed E-state index contributed by atoms with van der Waals surface area (Å²) in [4.78, 5) is 12.8. The molecule has 1 amide bonds. The van der Waals surface area contributed by atoms with E-state index in [1.807, 2.05) is 24.3 Å². The third kappa shape index (κ3) is 2.74. The van der Waals surface area contributed by atoms with Crippen LogP contribution in [0.1, 0.15) is 25.7 Å². The molecule has 2 aliphatic carbocycles. The maximum Gasteiger partial charge on any atom is 0.227 e. The van der Waals surface area contributed by atoms with E-state index in [-0.39, 0.29) is 11.8 Å². The molecular formula is C18H21N5OS2. The molecule has 2 saturated carbocycles. The maximum atomic E-state index is 12.8. The first-order chi connectivity index (χ1) is 12.7. The van der Waals surface area contributed by atoms with Gasteiger partial charge >= 0.3 is 0 Å². The smallest absolute Gasteiger partial charge is 0.227 e. The highest BCUT2D eigenvalue weighted by Gasteiger charge is 2.57. The van der Waals surface area contributed by atoms with Crippen LogP contribution in [-0.2, 0) is 4.79 Å². The number of rotatable bonds is 3. The Kier molecular flexibility index (Phi) is 4.20. The van der Waals surface area contributed by atoms with Gasteiger partial charge in [-0.1, -0.05) is 0 Å². The molecule has 1 aromatic heterocycles. The average molecular weight is 388 g/mol. The first-order valence-electron chi connectivity index (χ1n) is 9.17. The average Bonchev–Trinajstić information content (AvgIpc) is 3.38. The highest BCUT2D eigenvalue weighted by Crippen LogP contribution is 2.65. The molecule has 2 heterocycles. The molecule has 26 heavy (non-hydrogen) atoms. The molecule has 2 aromatic rings. The lowest BCUT2D eigenvalue weighted by Crippen LogP contribution is -2.41. The van der Waals surface area contributed by atoms with Crippen molar-refractivity contribution >= 4 is 35.1 Å². The fourth-order valence-corrected chi connectivity index (χ4v) is 8.77. The monoisotopic (exact) mass is 387 g/mol. The minimum Gasteiger partial charge on any atom is -0.326 e. The van der Waals surface area contributed by atoms with E-state index in [9.17, 15) is 4.79 Å². The van der Waals surface area contributed by atoms with Crippen LogP contribution in [0.15, 0.2) is 30.6 Å². The minimum absolute atomic E-state index is 0.152. The van der Waals surface area contributed by atoms with Crippen LogP contribution in [-0.4, -0.2) is 41.7 Å². The van der Waals surface area contributed by atoms with Gasteiger partial charge in [0.25, 0.3) is 0 Å². The Morgan fingerprint density at radius 3 is 2.42 bits per heavy atom. The summed E-state index contributed by atoms with van der Waals surface area (Å²) < 4.78 is 2.03. The largest absolute Gasteiger partial charge is 0.326 e. The molecule has 3 atom stereocenters. The van der Waals surface area contributed by atoms with E-state index in [2.05, 4.69) is 44.4 Å². The van der Waals surface area contributed by atoms with Gasteiger partial charge in [0.1, 0.15) is 6.33 Å². The van der Waals surface area contributed by atoms with Gasteiger partial charge in [-0.05, 0) is 72.2 Å². The Balaban J connectivity index is 1.25. The number of anilines is 1. The Bertz CT molecular complexity index is 772. The Morgan fingerprint density at radius 1 is 1.12 bits per heavy atom. The lowest BCUT2D eigenvalue weighted by atomic mass is 9.79. The van der Waals surface area contributed by atoms with Crippen LogP contribution in [0.2, 0.25) is 0 Å². The normalized spacial score (nSPS) is 29.2. The number of aromatic nitrogens is 4. The number of carbonyl (C=O) groups excluding carboxylic acids is 1. The predicted molar refractivity (Wildman–Crippen MR) is 104 cm³/mol. The molecule has 3 aliphatic rings. The first-order valence-corrected chi connectivity index (χ1v) is 11.1. The van der Waals surface area contributed by atoms with Crippen molar-refractivity contribution in [1.29, 1.82) is 0 Å². The summed E-state index contributed by atoms with van der Waals surface area (Å²) in [5.74, 6) is 4.30. The standard InChI is InChI=1S/C18H21N5OS2/c24-17(20-15-3-5-16(6-4-15)23-11-19-21-22-23)12-9-13-1-2-14(10-12)18(13)25-7-8-26-18/h3-6,11-14H,1-2,7-10H2,(H,20,24)/t12?,13-,14+. The third-order valence-corrected chi connectivity index (χ3v) is 10.0. The molecule has 0 radical (unpaired) electrons. The number of thioether (sulfide) groups is 2. The molecule has 6 nitrogen and oxygen atoms in total. The number of benzene rings is 1. The molecule has 1 spiro atoms. The highest BCUT2D eigenvalue weighted by atomic mass is 32.2. The van der Waals surface area contributed by atoms with Crippen LogP contribution in [0.25, 0.3) is 5.69 Å². The van der Waals surface area contributed by atoms with E-state index >= 15 is 0 Å². The second-order valence-corrected chi connectivity index (χ2v) is 10.4. The molecule has 1 aliphatic heterocycles. The maximum absolute atomic E-state index is 12.8. The van der Waals surface area contributed by atoms with Crippen molar-refractivity contribution < 1.29 is 4.79 Å². The molecule has 136 valence electrons. The van der Waals surface area contributed by atoms with Crippen molar-refractivity contribution in [3.8, 4) is 5.69 Å². The summed E-state index contributed by atoms with van der Waals surface area (Å²) in [6, 6.07) is 7.65. The fraction of sp³-hybridized carbons (Fsp3) is 0.556. The van der Waals surface area contributed by atoms with Crippen LogP contribution in [0.3, 0.4) is 0 Å². The topological polar surface area (TPSA) is 72.7 Å². The fourth-order valence-electron chi connectivity index (χ4n) is 4.84. The van der Waals surface area contributed by atoms with Crippen LogP contribution >= 0.6 is 23.5 Å². The molecular weight excluding hydrogens is 366 g/mol. The molecule has 2 bridgehead atoms. The zero-order chi connectivity index (χ0) is 17.6. The van der Waals surface area contributed by atoms with Crippen LogP contribution < -0.4 is 5.32 Å². The van der Waals surface area contributed by atoms with Crippen LogP contribution in [0.5, 0.6) is 0 Å². The molecule has 1 aromatic carbocycles. The SMILES string of the molecule is O=C(Nc1ccc(-n2cnnn2)cc1)C1C[C@H]2CC[C@@H](C1)C21SCCS1.